The molecule has 1 N–H and O–H groups in total. The molecule has 6 nitrogen and oxygen atoms in total. The fraction of sp³-hybridized carbons (Fsp3) is 0.176. The Morgan fingerprint density at radius 1 is 1.16 bits per heavy atom. The molecule has 8 heteroatoms. The molecule has 130 valence electrons. The molecule has 0 saturated heterocycles. The lowest BCUT2D eigenvalue weighted by molar-refractivity contribution is 0.578. The van der Waals surface area contributed by atoms with Crippen molar-refractivity contribution in [3.05, 3.63) is 71.1 Å². The van der Waals surface area contributed by atoms with Crippen LogP contribution in [0.4, 0.5) is 0 Å². The Balaban J connectivity index is 1.70. The number of hydrogen-bond acceptors (Lipinski definition) is 4. The molecule has 0 aliphatic rings. The van der Waals surface area contributed by atoms with Crippen LogP contribution in [0.25, 0.3) is 11.3 Å². The Morgan fingerprint density at radius 3 is 2.60 bits per heavy atom. The van der Waals surface area contributed by atoms with Gasteiger partial charge in [-0.3, -0.25) is 9.67 Å². The van der Waals surface area contributed by atoms with Gasteiger partial charge in [-0.05, 0) is 29.8 Å². The minimum absolute atomic E-state index is 0.117. The molecular formula is C17H17ClN4O2S. The second-order valence-electron chi connectivity index (χ2n) is 5.55. The first-order valence-electron chi connectivity index (χ1n) is 7.59. The second-order valence-corrected chi connectivity index (χ2v) is 7.77. The molecule has 0 amide bonds. The maximum atomic E-state index is 12.3. The van der Waals surface area contributed by atoms with Gasteiger partial charge in [-0.25, -0.2) is 13.1 Å². The first-order valence-corrected chi connectivity index (χ1v) is 9.62. The first-order chi connectivity index (χ1) is 11.9. The van der Waals surface area contributed by atoms with Gasteiger partial charge in [-0.15, -0.1) is 0 Å². The summed E-state index contributed by atoms with van der Waals surface area (Å²) >= 11 is 6.03. The van der Waals surface area contributed by atoms with Crippen molar-refractivity contribution in [3.8, 4) is 11.3 Å². The Labute approximate surface area is 151 Å². The summed E-state index contributed by atoms with van der Waals surface area (Å²) in [7, 11) is -1.70. The Kier molecular flexibility index (Phi) is 5.17. The summed E-state index contributed by atoms with van der Waals surface area (Å²) in [5.74, 6) is -0.170. The molecule has 3 aromatic rings. The maximum Gasteiger partial charge on any atom is 0.216 e. The van der Waals surface area contributed by atoms with Gasteiger partial charge in [-0.1, -0.05) is 29.8 Å². The van der Waals surface area contributed by atoms with E-state index in [2.05, 4.69) is 14.8 Å². The van der Waals surface area contributed by atoms with Crippen LogP contribution in [0, 0.1) is 0 Å². The molecular weight excluding hydrogens is 360 g/mol. The lowest BCUT2D eigenvalue weighted by atomic mass is 10.2. The number of nitrogens with zero attached hydrogens (tertiary/aromatic N) is 3. The third-order valence-electron chi connectivity index (χ3n) is 3.68. The van der Waals surface area contributed by atoms with Gasteiger partial charge in [0.1, 0.15) is 0 Å². The standard InChI is InChI=1S/C17H17ClN4O2S/c1-22-17(13-6-8-19-9-7-13)10-15(21-22)11-20-25(23,24)12-14-4-2-3-5-16(14)18/h2-10,20H,11-12H2,1H3. The quantitative estimate of drug-likeness (QED) is 0.717. The van der Waals surface area contributed by atoms with E-state index in [0.717, 1.165) is 11.3 Å². The number of sulfonamides is 1. The molecule has 0 atom stereocenters. The molecule has 0 spiro atoms. The minimum Gasteiger partial charge on any atom is -0.268 e. The van der Waals surface area contributed by atoms with Crippen LogP contribution in [0.2, 0.25) is 5.02 Å². The van der Waals surface area contributed by atoms with Crippen LogP contribution >= 0.6 is 11.6 Å². The Morgan fingerprint density at radius 2 is 1.88 bits per heavy atom. The van der Waals surface area contributed by atoms with E-state index < -0.39 is 10.0 Å². The van der Waals surface area contributed by atoms with Crippen LogP contribution in [0.5, 0.6) is 0 Å². The molecule has 0 radical (unpaired) electrons. The molecule has 0 saturated carbocycles. The summed E-state index contributed by atoms with van der Waals surface area (Å²) in [6, 6.07) is 12.5. The highest BCUT2D eigenvalue weighted by Crippen LogP contribution is 2.20. The van der Waals surface area contributed by atoms with E-state index in [9.17, 15) is 8.42 Å². The van der Waals surface area contributed by atoms with Crippen molar-refractivity contribution >= 4 is 21.6 Å². The van der Waals surface area contributed by atoms with E-state index in [0.29, 0.717) is 16.3 Å². The maximum absolute atomic E-state index is 12.3. The summed E-state index contributed by atoms with van der Waals surface area (Å²) in [6.45, 7) is 0.117. The molecule has 2 heterocycles. The largest absolute Gasteiger partial charge is 0.268 e. The smallest absolute Gasteiger partial charge is 0.216 e. The van der Waals surface area contributed by atoms with Crippen LogP contribution in [-0.4, -0.2) is 23.2 Å². The Hall–Kier alpha value is -2.22. The zero-order valence-electron chi connectivity index (χ0n) is 13.6. The number of nitrogens with one attached hydrogen (secondary N) is 1. The van der Waals surface area contributed by atoms with Crippen molar-refractivity contribution in [2.75, 3.05) is 0 Å². The molecule has 0 fully saturated rings. The minimum atomic E-state index is -3.52. The number of pyridine rings is 1. The molecule has 0 bridgehead atoms. The molecule has 3 rings (SSSR count). The fourth-order valence-corrected chi connectivity index (χ4v) is 3.87. The molecule has 2 aromatic heterocycles. The van der Waals surface area contributed by atoms with Gasteiger partial charge in [0.15, 0.2) is 0 Å². The second kappa shape index (κ2) is 7.35. The highest BCUT2D eigenvalue weighted by atomic mass is 35.5. The number of hydrogen-bond donors (Lipinski definition) is 1. The summed E-state index contributed by atoms with van der Waals surface area (Å²) in [6.07, 6.45) is 3.41. The zero-order valence-corrected chi connectivity index (χ0v) is 15.1. The van der Waals surface area contributed by atoms with Gasteiger partial charge in [0.05, 0.1) is 23.7 Å². The third-order valence-corrected chi connectivity index (χ3v) is 5.33. The van der Waals surface area contributed by atoms with Crippen molar-refractivity contribution in [3.63, 3.8) is 0 Å². The van der Waals surface area contributed by atoms with Crippen molar-refractivity contribution in [1.29, 1.82) is 0 Å². The average molecular weight is 377 g/mol. The van der Waals surface area contributed by atoms with E-state index in [-0.39, 0.29) is 12.3 Å². The Bertz CT molecular complexity index is 971. The predicted molar refractivity (Wildman–Crippen MR) is 97.4 cm³/mol. The lowest BCUT2D eigenvalue weighted by Gasteiger charge is -2.06. The van der Waals surface area contributed by atoms with Gasteiger partial charge >= 0.3 is 0 Å². The van der Waals surface area contributed by atoms with E-state index in [4.69, 9.17) is 11.6 Å². The van der Waals surface area contributed by atoms with Crippen molar-refractivity contribution < 1.29 is 8.42 Å². The zero-order chi connectivity index (χ0) is 17.9. The molecule has 0 aliphatic heterocycles. The summed E-state index contributed by atoms with van der Waals surface area (Å²) in [5, 5.41) is 4.79. The molecule has 0 unspecified atom stereocenters. The van der Waals surface area contributed by atoms with Crippen molar-refractivity contribution in [2.45, 2.75) is 12.3 Å². The monoisotopic (exact) mass is 376 g/mol. The fourth-order valence-electron chi connectivity index (χ4n) is 2.46. The van der Waals surface area contributed by atoms with Crippen molar-refractivity contribution in [1.82, 2.24) is 19.5 Å². The number of rotatable bonds is 6. The molecule has 0 aliphatic carbocycles. The summed E-state index contributed by atoms with van der Waals surface area (Å²) in [4.78, 5) is 3.99. The van der Waals surface area contributed by atoms with Crippen LogP contribution in [0.15, 0.2) is 54.9 Å². The van der Waals surface area contributed by atoms with Gasteiger partial charge in [-0.2, -0.15) is 5.10 Å². The molecule has 25 heavy (non-hydrogen) atoms. The summed E-state index contributed by atoms with van der Waals surface area (Å²) < 4.78 is 28.8. The van der Waals surface area contributed by atoms with Gasteiger partial charge in [0.25, 0.3) is 0 Å². The van der Waals surface area contributed by atoms with Crippen LogP contribution < -0.4 is 4.72 Å². The third kappa shape index (κ3) is 4.45. The topological polar surface area (TPSA) is 76.9 Å². The van der Waals surface area contributed by atoms with Crippen molar-refractivity contribution in [2.24, 2.45) is 7.05 Å². The highest BCUT2D eigenvalue weighted by Gasteiger charge is 2.15. The number of aryl methyl sites for hydroxylation is 1. The SMILES string of the molecule is Cn1nc(CNS(=O)(=O)Cc2ccccc2Cl)cc1-c1ccncc1. The van der Waals surface area contributed by atoms with Crippen LogP contribution in [0.3, 0.4) is 0 Å². The van der Waals surface area contributed by atoms with E-state index >= 15 is 0 Å². The van der Waals surface area contributed by atoms with Gasteiger partial charge in [0, 0.05) is 30.0 Å². The first kappa shape index (κ1) is 17.6. The summed E-state index contributed by atoms with van der Waals surface area (Å²) in [5.41, 5.74) is 3.06. The highest BCUT2D eigenvalue weighted by molar-refractivity contribution is 7.88. The van der Waals surface area contributed by atoms with E-state index in [1.54, 1.807) is 41.3 Å². The average Bonchev–Trinajstić information content (AvgIpc) is 2.97. The van der Waals surface area contributed by atoms with Crippen LogP contribution in [0.1, 0.15) is 11.3 Å². The van der Waals surface area contributed by atoms with Gasteiger partial charge < -0.3 is 0 Å². The van der Waals surface area contributed by atoms with Crippen LogP contribution in [-0.2, 0) is 29.4 Å². The number of aromatic nitrogens is 3. The normalized spacial score (nSPS) is 11.6. The van der Waals surface area contributed by atoms with Gasteiger partial charge in [0.2, 0.25) is 10.0 Å². The molecule has 1 aromatic carbocycles. The number of benzene rings is 1. The predicted octanol–water partition coefficient (Wildman–Crippen LogP) is 2.76. The van der Waals surface area contributed by atoms with E-state index in [1.165, 1.54) is 0 Å². The lowest BCUT2D eigenvalue weighted by Crippen LogP contribution is -2.25. The van der Waals surface area contributed by atoms with E-state index in [1.807, 2.05) is 25.2 Å². The number of halogens is 1.